The van der Waals surface area contributed by atoms with Crippen LogP contribution in [-0.4, -0.2) is 18.4 Å². The standard InChI is InChI=1S/C17H24N2O2/c1-13(15-9-3-2-4-10-15)19-17(21)16(20)18-12-11-14-7-5-6-8-14/h2-4,9-10,13-14H,5-8,11-12H2,1H3,(H,18,20)(H,19,21)/t13-/m0/s1. The summed E-state index contributed by atoms with van der Waals surface area (Å²) in [6.45, 7) is 2.47. The lowest BCUT2D eigenvalue weighted by atomic mass is 10.0. The molecule has 1 aliphatic carbocycles. The van der Waals surface area contributed by atoms with Gasteiger partial charge in [-0.1, -0.05) is 56.0 Å². The summed E-state index contributed by atoms with van der Waals surface area (Å²) in [5.74, 6) is -0.370. The van der Waals surface area contributed by atoms with Gasteiger partial charge in [-0.15, -0.1) is 0 Å². The van der Waals surface area contributed by atoms with Crippen molar-refractivity contribution in [3.63, 3.8) is 0 Å². The van der Waals surface area contributed by atoms with Gasteiger partial charge in [0.2, 0.25) is 0 Å². The molecule has 0 bridgehead atoms. The predicted molar refractivity (Wildman–Crippen MR) is 82.6 cm³/mol. The van der Waals surface area contributed by atoms with Gasteiger partial charge < -0.3 is 10.6 Å². The minimum absolute atomic E-state index is 0.167. The predicted octanol–water partition coefficient (Wildman–Crippen LogP) is 2.56. The summed E-state index contributed by atoms with van der Waals surface area (Å²) in [4.78, 5) is 23.6. The molecule has 1 aromatic rings. The van der Waals surface area contributed by atoms with Crippen molar-refractivity contribution in [3.05, 3.63) is 35.9 Å². The van der Waals surface area contributed by atoms with Crippen molar-refractivity contribution in [3.8, 4) is 0 Å². The molecular formula is C17H24N2O2. The first-order valence-electron chi connectivity index (χ1n) is 7.80. The molecule has 4 heteroatoms. The molecule has 0 radical (unpaired) electrons. The van der Waals surface area contributed by atoms with E-state index >= 15 is 0 Å². The molecule has 1 aromatic carbocycles. The fraction of sp³-hybridized carbons (Fsp3) is 0.529. The summed E-state index contributed by atoms with van der Waals surface area (Å²) in [7, 11) is 0. The van der Waals surface area contributed by atoms with Crippen LogP contribution in [0.3, 0.4) is 0 Å². The van der Waals surface area contributed by atoms with E-state index in [-0.39, 0.29) is 6.04 Å². The second-order valence-corrected chi connectivity index (χ2v) is 5.80. The second-order valence-electron chi connectivity index (χ2n) is 5.80. The Balaban J connectivity index is 1.70. The molecule has 4 nitrogen and oxygen atoms in total. The molecule has 114 valence electrons. The second kappa shape index (κ2) is 7.81. The number of hydrogen-bond acceptors (Lipinski definition) is 2. The van der Waals surface area contributed by atoms with E-state index in [1.165, 1.54) is 25.7 Å². The van der Waals surface area contributed by atoms with E-state index in [0.29, 0.717) is 6.54 Å². The normalized spacial score (nSPS) is 16.4. The van der Waals surface area contributed by atoms with Crippen LogP contribution in [-0.2, 0) is 9.59 Å². The molecule has 0 heterocycles. The van der Waals surface area contributed by atoms with Crippen molar-refractivity contribution in [2.75, 3.05) is 6.54 Å². The molecule has 2 rings (SSSR count). The molecule has 0 spiro atoms. The van der Waals surface area contributed by atoms with E-state index in [1.54, 1.807) is 0 Å². The quantitative estimate of drug-likeness (QED) is 0.818. The molecule has 1 atom stereocenters. The van der Waals surface area contributed by atoms with Crippen molar-refractivity contribution in [2.45, 2.75) is 45.1 Å². The van der Waals surface area contributed by atoms with Crippen molar-refractivity contribution in [1.29, 1.82) is 0 Å². The average molecular weight is 288 g/mol. The third-order valence-corrected chi connectivity index (χ3v) is 4.17. The molecule has 0 saturated heterocycles. The van der Waals surface area contributed by atoms with Crippen LogP contribution in [0, 0.1) is 5.92 Å². The molecule has 2 amide bonds. The highest BCUT2D eigenvalue weighted by Gasteiger charge is 2.18. The summed E-state index contributed by atoms with van der Waals surface area (Å²) in [5.41, 5.74) is 0.990. The Kier molecular flexibility index (Phi) is 5.78. The molecule has 1 fully saturated rings. The molecular weight excluding hydrogens is 264 g/mol. The summed E-state index contributed by atoms with van der Waals surface area (Å²) < 4.78 is 0. The number of nitrogens with one attached hydrogen (secondary N) is 2. The first-order valence-corrected chi connectivity index (χ1v) is 7.80. The molecule has 1 saturated carbocycles. The van der Waals surface area contributed by atoms with Crippen LogP contribution >= 0.6 is 0 Å². The van der Waals surface area contributed by atoms with Crippen LogP contribution in [0.5, 0.6) is 0 Å². The molecule has 1 aliphatic rings. The topological polar surface area (TPSA) is 58.2 Å². The van der Waals surface area contributed by atoms with Crippen LogP contribution in [0.2, 0.25) is 0 Å². The minimum Gasteiger partial charge on any atom is -0.348 e. The maximum Gasteiger partial charge on any atom is 0.309 e. The third-order valence-electron chi connectivity index (χ3n) is 4.17. The maximum absolute atomic E-state index is 11.8. The van der Waals surface area contributed by atoms with Gasteiger partial charge in [0.1, 0.15) is 0 Å². The maximum atomic E-state index is 11.8. The van der Waals surface area contributed by atoms with Crippen LogP contribution in [0.25, 0.3) is 0 Å². The number of carbonyl (C=O) groups excluding carboxylic acids is 2. The first-order chi connectivity index (χ1) is 10.2. The van der Waals surface area contributed by atoms with Crippen LogP contribution in [0.1, 0.15) is 50.6 Å². The molecule has 0 aliphatic heterocycles. The Morgan fingerprint density at radius 3 is 2.48 bits per heavy atom. The van der Waals surface area contributed by atoms with Crippen LogP contribution in [0.15, 0.2) is 30.3 Å². The Bertz CT molecular complexity index is 467. The zero-order valence-corrected chi connectivity index (χ0v) is 12.6. The fourth-order valence-electron chi connectivity index (χ4n) is 2.86. The first kappa shape index (κ1) is 15.5. The van der Waals surface area contributed by atoms with Gasteiger partial charge in [0, 0.05) is 6.54 Å². The van der Waals surface area contributed by atoms with Crippen LogP contribution < -0.4 is 10.6 Å². The Morgan fingerprint density at radius 1 is 1.14 bits per heavy atom. The molecule has 0 aromatic heterocycles. The Morgan fingerprint density at radius 2 is 1.81 bits per heavy atom. The third kappa shape index (κ3) is 4.88. The van der Waals surface area contributed by atoms with Gasteiger partial charge in [-0.25, -0.2) is 0 Å². The molecule has 21 heavy (non-hydrogen) atoms. The van der Waals surface area contributed by atoms with E-state index in [9.17, 15) is 9.59 Å². The van der Waals surface area contributed by atoms with Gasteiger partial charge in [-0.2, -0.15) is 0 Å². The fourth-order valence-corrected chi connectivity index (χ4v) is 2.86. The average Bonchev–Trinajstić information content (AvgIpc) is 3.01. The van der Waals surface area contributed by atoms with Gasteiger partial charge >= 0.3 is 11.8 Å². The number of carbonyl (C=O) groups is 2. The van der Waals surface area contributed by atoms with Gasteiger partial charge in [-0.05, 0) is 24.8 Å². The Hall–Kier alpha value is -1.84. The van der Waals surface area contributed by atoms with Crippen molar-refractivity contribution >= 4 is 11.8 Å². The van der Waals surface area contributed by atoms with Crippen molar-refractivity contribution < 1.29 is 9.59 Å². The zero-order valence-electron chi connectivity index (χ0n) is 12.6. The number of amides is 2. The van der Waals surface area contributed by atoms with Crippen molar-refractivity contribution in [2.24, 2.45) is 5.92 Å². The number of hydrogen-bond donors (Lipinski definition) is 2. The monoisotopic (exact) mass is 288 g/mol. The van der Waals surface area contributed by atoms with E-state index in [1.807, 2.05) is 37.3 Å². The van der Waals surface area contributed by atoms with Gasteiger partial charge in [0.15, 0.2) is 0 Å². The van der Waals surface area contributed by atoms with Gasteiger partial charge in [0.25, 0.3) is 0 Å². The highest BCUT2D eigenvalue weighted by Crippen LogP contribution is 2.26. The highest BCUT2D eigenvalue weighted by molar-refractivity contribution is 6.35. The van der Waals surface area contributed by atoms with E-state index in [4.69, 9.17) is 0 Å². The summed E-state index contributed by atoms with van der Waals surface area (Å²) in [5, 5.41) is 5.44. The van der Waals surface area contributed by atoms with E-state index in [2.05, 4.69) is 10.6 Å². The Labute approximate surface area is 126 Å². The summed E-state index contributed by atoms with van der Waals surface area (Å²) in [6, 6.07) is 9.46. The molecule has 0 unspecified atom stereocenters. The number of rotatable bonds is 5. The van der Waals surface area contributed by atoms with Gasteiger partial charge in [0.05, 0.1) is 6.04 Å². The number of benzene rings is 1. The SMILES string of the molecule is C[C@H](NC(=O)C(=O)NCCC1CCCC1)c1ccccc1. The lowest BCUT2D eigenvalue weighted by molar-refractivity contribution is -0.139. The largest absolute Gasteiger partial charge is 0.348 e. The van der Waals surface area contributed by atoms with E-state index < -0.39 is 11.8 Å². The summed E-state index contributed by atoms with van der Waals surface area (Å²) in [6.07, 6.45) is 6.09. The van der Waals surface area contributed by atoms with Crippen LogP contribution in [0.4, 0.5) is 0 Å². The van der Waals surface area contributed by atoms with E-state index in [0.717, 1.165) is 17.9 Å². The lowest BCUT2D eigenvalue weighted by Crippen LogP contribution is -2.41. The van der Waals surface area contributed by atoms with Gasteiger partial charge in [-0.3, -0.25) is 9.59 Å². The summed E-state index contributed by atoms with van der Waals surface area (Å²) >= 11 is 0. The smallest absolute Gasteiger partial charge is 0.309 e. The van der Waals surface area contributed by atoms with Crippen molar-refractivity contribution in [1.82, 2.24) is 10.6 Å². The lowest BCUT2D eigenvalue weighted by Gasteiger charge is -2.14. The minimum atomic E-state index is -0.558. The molecule has 2 N–H and O–H groups in total. The highest BCUT2D eigenvalue weighted by atomic mass is 16.2. The zero-order chi connectivity index (χ0) is 15.1.